The van der Waals surface area contributed by atoms with Crippen LogP contribution in [0, 0.1) is 13.8 Å². The van der Waals surface area contributed by atoms with Gasteiger partial charge in [0.05, 0.1) is 0 Å². The zero-order valence-corrected chi connectivity index (χ0v) is 10.1. The van der Waals surface area contributed by atoms with Crippen molar-refractivity contribution in [3.8, 4) is 11.4 Å². The smallest absolute Gasteiger partial charge is 0.163 e. The van der Waals surface area contributed by atoms with E-state index in [1.54, 1.807) is 0 Å². The van der Waals surface area contributed by atoms with Crippen LogP contribution in [-0.2, 0) is 6.42 Å². The first-order chi connectivity index (χ1) is 8.19. The highest BCUT2D eigenvalue weighted by Crippen LogP contribution is 2.16. The van der Waals surface area contributed by atoms with Crippen LogP contribution in [0.1, 0.15) is 17.2 Å². The molecule has 0 aliphatic carbocycles. The highest BCUT2D eigenvalue weighted by molar-refractivity contribution is 5.55. The minimum Gasteiger partial charge on any atom is -0.330 e. The fraction of sp³-hybridized carbons (Fsp3) is 0.308. The van der Waals surface area contributed by atoms with Crippen LogP contribution in [-0.4, -0.2) is 21.5 Å². The normalized spacial score (nSPS) is 10.5. The van der Waals surface area contributed by atoms with Gasteiger partial charge in [-0.15, -0.1) is 0 Å². The van der Waals surface area contributed by atoms with Crippen molar-refractivity contribution in [2.75, 3.05) is 6.54 Å². The lowest BCUT2D eigenvalue weighted by Crippen LogP contribution is -2.09. The van der Waals surface area contributed by atoms with E-state index in [4.69, 9.17) is 5.73 Å². The van der Waals surface area contributed by atoms with Crippen molar-refractivity contribution in [2.24, 2.45) is 5.73 Å². The summed E-state index contributed by atoms with van der Waals surface area (Å²) in [6, 6.07) is 8.14. The second-order valence-electron chi connectivity index (χ2n) is 4.03. The molecule has 4 nitrogen and oxygen atoms in total. The molecule has 2 aromatic rings. The van der Waals surface area contributed by atoms with Gasteiger partial charge in [-0.1, -0.05) is 23.8 Å². The number of aromatic nitrogens is 3. The molecule has 2 rings (SSSR count). The molecule has 0 fully saturated rings. The molecule has 0 atom stereocenters. The number of nitrogens with zero attached hydrogens (tertiary/aromatic N) is 3. The third kappa shape index (κ3) is 2.85. The summed E-state index contributed by atoms with van der Waals surface area (Å²) in [6.07, 6.45) is 0.683. The fourth-order valence-electron chi connectivity index (χ4n) is 1.69. The van der Waals surface area contributed by atoms with Crippen molar-refractivity contribution < 1.29 is 0 Å². The molecule has 17 heavy (non-hydrogen) atoms. The van der Waals surface area contributed by atoms with Gasteiger partial charge in [0.15, 0.2) is 5.82 Å². The minimum atomic E-state index is 0.552. The van der Waals surface area contributed by atoms with Gasteiger partial charge in [0.2, 0.25) is 0 Å². The van der Waals surface area contributed by atoms with E-state index in [1.165, 1.54) is 5.56 Å². The van der Waals surface area contributed by atoms with Gasteiger partial charge in [0.1, 0.15) is 11.6 Å². The number of nitrogens with two attached hydrogens (primary N) is 1. The Bertz CT molecular complexity index is 523. The average Bonchev–Trinajstić information content (AvgIpc) is 2.28. The summed E-state index contributed by atoms with van der Waals surface area (Å²) >= 11 is 0. The maximum atomic E-state index is 5.52. The van der Waals surface area contributed by atoms with Gasteiger partial charge < -0.3 is 5.73 Å². The van der Waals surface area contributed by atoms with Crippen molar-refractivity contribution >= 4 is 0 Å². The Morgan fingerprint density at radius 2 is 1.94 bits per heavy atom. The molecule has 4 heteroatoms. The molecule has 0 saturated carbocycles. The van der Waals surface area contributed by atoms with Crippen LogP contribution in [0.25, 0.3) is 11.4 Å². The van der Waals surface area contributed by atoms with Gasteiger partial charge in [-0.3, -0.25) is 0 Å². The topological polar surface area (TPSA) is 64.7 Å². The summed E-state index contributed by atoms with van der Waals surface area (Å²) in [6.45, 7) is 4.48. The summed E-state index contributed by atoms with van der Waals surface area (Å²) < 4.78 is 0. The van der Waals surface area contributed by atoms with E-state index in [-0.39, 0.29) is 0 Å². The summed E-state index contributed by atoms with van der Waals surface area (Å²) in [5.74, 6) is 2.22. The zero-order chi connectivity index (χ0) is 12.3. The van der Waals surface area contributed by atoms with Crippen LogP contribution < -0.4 is 5.73 Å². The summed E-state index contributed by atoms with van der Waals surface area (Å²) in [5.41, 5.74) is 7.74. The standard InChI is InChI=1S/C13H16N4/c1-9-4-3-5-11(8-9)13-16-10(2)15-12(17-13)6-7-14/h3-5,8H,6-7,14H2,1-2H3. The Labute approximate surface area is 101 Å². The molecule has 0 radical (unpaired) electrons. The molecule has 0 saturated heterocycles. The highest BCUT2D eigenvalue weighted by Gasteiger charge is 2.05. The molecule has 0 aliphatic rings. The van der Waals surface area contributed by atoms with E-state index in [0.717, 1.165) is 23.0 Å². The molecule has 1 aromatic heterocycles. The lowest BCUT2D eigenvalue weighted by molar-refractivity contribution is 0.827. The van der Waals surface area contributed by atoms with Gasteiger partial charge in [-0.05, 0) is 26.5 Å². The van der Waals surface area contributed by atoms with Gasteiger partial charge in [-0.2, -0.15) is 0 Å². The third-order valence-electron chi connectivity index (χ3n) is 2.44. The SMILES string of the molecule is Cc1cccc(-c2nc(C)nc(CCN)n2)c1. The Morgan fingerprint density at radius 1 is 1.12 bits per heavy atom. The monoisotopic (exact) mass is 228 g/mol. The van der Waals surface area contributed by atoms with Crippen LogP contribution in [0.5, 0.6) is 0 Å². The Morgan fingerprint density at radius 3 is 2.65 bits per heavy atom. The largest absolute Gasteiger partial charge is 0.330 e. The zero-order valence-electron chi connectivity index (χ0n) is 10.1. The Kier molecular flexibility index (Phi) is 3.44. The highest BCUT2D eigenvalue weighted by atomic mass is 15.0. The molecule has 0 unspecified atom stereocenters. The number of hydrogen-bond acceptors (Lipinski definition) is 4. The average molecular weight is 228 g/mol. The summed E-state index contributed by atoms with van der Waals surface area (Å²) in [5, 5.41) is 0. The molecule has 2 N–H and O–H groups in total. The van der Waals surface area contributed by atoms with Crippen molar-refractivity contribution in [1.29, 1.82) is 0 Å². The minimum absolute atomic E-state index is 0.552. The van der Waals surface area contributed by atoms with E-state index in [2.05, 4.69) is 34.0 Å². The van der Waals surface area contributed by atoms with E-state index in [0.29, 0.717) is 13.0 Å². The van der Waals surface area contributed by atoms with Crippen LogP contribution in [0.3, 0.4) is 0 Å². The van der Waals surface area contributed by atoms with Gasteiger partial charge in [0, 0.05) is 12.0 Å². The number of aryl methyl sites for hydroxylation is 2. The van der Waals surface area contributed by atoms with E-state index in [1.807, 2.05) is 19.1 Å². The molecule has 0 bridgehead atoms. The molecule has 88 valence electrons. The lowest BCUT2D eigenvalue weighted by Gasteiger charge is -2.05. The quantitative estimate of drug-likeness (QED) is 0.867. The van der Waals surface area contributed by atoms with Crippen LogP contribution in [0.15, 0.2) is 24.3 Å². The predicted octanol–water partition coefficient (Wildman–Crippen LogP) is 1.66. The molecule has 0 spiro atoms. The molecule has 1 heterocycles. The number of benzene rings is 1. The van der Waals surface area contributed by atoms with Crippen molar-refractivity contribution in [3.63, 3.8) is 0 Å². The predicted molar refractivity (Wildman–Crippen MR) is 67.5 cm³/mol. The van der Waals surface area contributed by atoms with E-state index in [9.17, 15) is 0 Å². The second kappa shape index (κ2) is 5.01. The first-order valence-corrected chi connectivity index (χ1v) is 5.67. The number of rotatable bonds is 3. The molecule has 0 aliphatic heterocycles. The van der Waals surface area contributed by atoms with Gasteiger partial charge in [-0.25, -0.2) is 15.0 Å². The van der Waals surface area contributed by atoms with E-state index >= 15 is 0 Å². The van der Waals surface area contributed by atoms with Crippen molar-refractivity contribution in [3.05, 3.63) is 41.5 Å². The maximum Gasteiger partial charge on any atom is 0.163 e. The lowest BCUT2D eigenvalue weighted by atomic mass is 10.1. The fourth-order valence-corrected chi connectivity index (χ4v) is 1.69. The molecule has 0 amide bonds. The van der Waals surface area contributed by atoms with Gasteiger partial charge in [0.25, 0.3) is 0 Å². The van der Waals surface area contributed by atoms with Gasteiger partial charge >= 0.3 is 0 Å². The molecular weight excluding hydrogens is 212 g/mol. The first kappa shape index (κ1) is 11.7. The third-order valence-corrected chi connectivity index (χ3v) is 2.44. The van der Waals surface area contributed by atoms with Crippen molar-refractivity contribution in [1.82, 2.24) is 15.0 Å². The van der Waals surface area contributed by atoms with E-state index < -0.39 is 0 Å². The summed E-state index contributed by atoms with van der Waals surface area (Å²) in [7, 11) is 0. The Balaban J connectivity index is 2.44. The van der Waals surface area contributed by atoms with Crippen molar-refractivity contribution in [2.45, 2.75) is 20.3 Å². The van der Waals surface area contributed by atoms with Crippen LogP contribution in [0.2, 0.25) is 0 Å². The second-order valence-corrected chi connectivity index (χ2v) is 4.03. The number of hydrogen-bond donors (Lipinski definition) is 1. The van der Waals surface area contributed by atoms with Crippen LogP contribution in [0.4, 0.5) is 0 Å². The first-order valence-electron chi connectivity index (χ1n) is 5.67. The Hall–Kier alpha value is -1.81. The van der Waals surface area contributed by atoms with Crippen LogP contribution >= 0.6 is 0 Å². The summed E-state index contributed by atoms with van der Waals surface area (Å²) in [4.78, 5) is 13.1. The maximum absolute atomic E-state index is 5.52. The molecular formula is C13H16N4. The molecule has 1 aromatic carbocycles.